The molecule has 1 aromatic carbocycles. The molecule has 0 aromatic heterocycles. The lowest BCUT2D eigenvalue weighted by Crippen LogP contribution is -2.45. The molecule has 0 radical (unpaired) electrons. The molecule has 0 aliphatic carbocycles. The largest absolute Gasteiger partial charge is 0.329 e. The molecule has 1 aliphatic heterocycles. The number of nitrogens with two attached hydrogens (primary N) is 1. The number of aryl methyl sites for hydroxylation is 1. The van der Waals surface area contributed by atoms with E-state index in [0.717, 1.165) is 24.2 Å². The van der Waals surface area contributed by atoms with Gasteiger partial charge in [0.2, 0.25) is 0 Å². The van der Waals surface area contributed by atoms with Crippen molar-refractivity contribution in [2.75, 3.05) is 19.6 Å². The van der Waals surface area contributed by atoms with Crippen LogP contribution in [-0.2, 0) is 0 Å². The topological polar surface area (TPSA) is 41.3 Å². The first-order valence-corrected chi connectivity index (χ1v) is 6.68. The van der Waals surface area contributed by atoms with E-state index in [9.17, 15) is 4.39 Å². The number of hydrogen-bond acceptors (Lipinski definition) is 3. The second kappa shape index (κ2) is 6.27. The van der Waals surface area contributed by atoms with Crippen LogP contribution in [0.25, 0.3) is 0 Å². The maximum absolute atomic E-state index is 13.1. The van der Waals surface area contributed by atoms with Gasteiger partial charge in [0, 0.05) is 19.6 Å². The number of benzene rings is 1. The van der Waals surface area contributed by atoms with E-state index >= 15 is 0 Å². The van der Waals surface area contributed by atoms with Gasteiger partial charge in [-0.2, -0.15) is 0 Å². The molecule has 100 valence electrons. The summed E-state index contributed by atoms with van der Waals surface area (Å²) in [6.45, 7) is 4.58. The van der Waals surface area contributed by atoms with Crippen LogP contribution in [0.2, 0.25) is 0 Å². The Hall–Kier alpha value is -0.970. The lowest BCUT2D eigenvalue weighted by atomic mass is 10.0. The van der Waals surface area contributed by atoms with Crippen molar-refractivity contribution in [1.82, 2.24) is 10.4 Å². The monoisotopic (exact) mass is 251 g/mol. The van der Waals surface area contributed by atoms with Crippen molar-refractivity contribution >= 4 is 0 Å². The number of rotatable bonds is 4. The fourth-order valence-electron chi connectivity index (χ4n) is 2.52. The summed E-state index contributed by atoms with van der Waals surface area (Å²) in [7, 11) is 0. The van der Waals surface area contributed by atoms with E-state index in [4.69, 9.17) is 5.73 Å². The summed E-state index contributed by atoms with van der Waals surface area (Å²) in [5, 5.41) is 2.24. The Labute approximate surface area is 108 Å². The van der Waals surface area contributed by atoms with Crippen molar-refractivity contribution in [1.29, 1.82) is 0 Å². The lowest BCUT2D eigenvalue weighted by molar-refractivity contribution is 0.130. The fraction of sp³-hybridized carbons (Fsp3) is 0.571. The van der Waals surface area contributed by atoms with Gasteiger partial charge >= 0.3 is 0 Å². The van der Waals surface area contributed by atoms with Gasteiger partial charge in [0.15, 0.2) is 0 Å². The number of piperidine rings is 1. The van der Waals surface area contributed by atoms with Crippen molar-refractivity contribution in [3.63, 3.8) is 0 Å². The van der Waals surface area contributed by atoms with Crippen molar-refractivity contribution in [3.8, 4) is 0 Å². The Morgan fingerprint density at radius 3 is 2.67 bits per heavy atom. The quantitative estimate of drug-likeness (QED) is 0.861. The Bertz CT molecular complexity index is 389. The van der Waals surface area contributed by atoms with E-state index in [1.54, 1.807) is 6.07 Å². The molecule has 3 nitrogen and oxygen atoms in total. The van der Waals surface area contributed by atoms with Crippen LogP contribution in [0.5, 0.6) is 0 Å². The summed E-state index contributed by atoms with van der Waals surface area (Å²) in [4.78, 5) is 0. The molecule has 0 spiro atoms. The second-order valence-electron chi connectivity index (χ2n) is 4.97. The van der Waals surface area contributed by atoms with Gasteiger partial charge in [0.1, 0.15) is 5.82 Å². The Morgan fingerprint density at radius 1 is 1.33 bits per heavy atom. The van der Waals surface area contributed by atoms with Crippen molar-refractivity contribution < 1.29 is 4.39 Å². The zero-order valence-electron chi connectivity index (χ0n) is 11.0. The zero-order chi connectivity index (χ0) is 13.0. The predicted octanol–water partition coefficient (Wildman–Crippen LogP) is 2.12. The molecule has 4 heteroatoms. The van der Waals surface area contributed by atoms with E-state index < -0.39 is 0 Å². The number of hydrazine groups is 1. The summed E-state index contributed by atoms with van der Waals surface area (Å²) in [6, 6.07) is 4.97. The highest BCUT2D eigenvalue weighted by Crippen LogP contribution is 2.19. The van der Waals surface area contributed by atoms with Crippen LogP contribution in [-0.4, -0.2) is 24.6 Å². The Balaban J connectivity index is 2.07. The maximum Gasteiger partial charge on any atom is 0.123 e. The molecule has 1 fully saturated rings. The number of nitrogens with zero attached hydrogens (tertiary/aromatic N) is 1. The molecule has 1 saturated heterocycles. The predicted molar refractivity (Wildman–Crippen MR) is 71.5 cm³/mol. The molecule has 0 amide bonds. The summed E-state index contributed by atoms with van der Waals surface area (Å²) in [5.74, 6) is -0.190. The van der Waals surface area contributed by atoms with Crippen LogP contribution in [0, 0.1) is 12.7 Å². The van der Waals surface area contributed by atoms with Crippen LogP contribution < -0.4 is 11.2 Å². The van der Waals surface area contributed by atoms with Crippen molar-refractivity contribution in [2.45, 2.75) is 32.2 Å². The summed E-state index contributed by atoms with van der Waals surface area (Å²) < 4.78 is 13.1. The molecule has 1 aromatic rings. The third kappa shape index (κ3) is 3.28. The first-order valence-electron chi connectivity index (χ1n) is 6.68. The highest BCUT2D eigenvalue weighted by atomic mass is 19.1. The highest BCUT2D eigenvalue weighted by molar-refractivity contribution is 5.29. The normalized spacial score (nSPS) is 18.8. The van der Waals surface area contributed by atoms with Crippen LogP contribution in [0.15, 0.2) is 18.2 Å². The fourth-order valence-corrected chi connectivity index (χ4v) is 2.52. The van der Waals surface area contributed by atoms with Crippen LogP contribution in [0.4, 0.5) is 4.39 Å². The molecule has 0 saturated carbocycles. The zero-order valence-corrected chi connectivity index (χ0v) is 11.0. The van der Waals surface area contributed by atoms with E-state index in [-0.39, 0.29) is 11.9 Å². The van der Waals surface area contributed by atoms with E-state index in [2.05, 4.69) is 10.4 Å². The smallest absolute Gasteiger partial charge is 0.123 e. The van der Waals surface area contributed by atoms with E-state index in [1.807, 2.05) is 13.0 Å². The number of hydrogen-bond donors (Lipinski definition) is 2. The molecule has 2 rings (SSSR count). The van der Waals surface area contributed by atoms with Gasteiger partial charge in [-0.25, -0.2) is 14.8 Å². The van der Waals surface area contributed by atoms with Crippen LogP contribution in [0.3, 0.4) is 0 Å². The maximum atomic E-state index is 13.1. The third-order valence-electron chi connectivity index (χ3n) is 3.54. The molecule has 0 bridgehead atoms. The minimum Gasteiger partial charge on any atom is -0.329 e. The average Bonchev–Trinajstić information content (AvgIpc) is 2.38. The molecule has 18 heavy (non-hydrogen) atoms. The number of nitrogens with one attached hydrogen (secondary N) is 1. The van der Waals surface area contributed by atoms with Gasteiger partial charge in [0.05, 0.1) is 6.04 Å². The standard InChI is InChI=1S/C14H22FN3/c1-11-9-12(15)5-6-13(11)14(10-16)17-18-7-3-2-4-8-18/h5-6,9,14,17H,2-4,7-8,10,16H2,1H3. The minimum atomic E-state index is -0.190. The first kappa shape index (κ1) is 13.5. The molecule has 1 aliphatic rings. The second-order valence-corrected chi connectivity index (χ2v) is 4.97. The Morgan fingerprint density at radius 2 is 2.06 bits per heavy atom. The molecule has 1 heterocycles. The molecule has 3 N–H and O–H groups in total. The molecular weight excluding hydrogens is 229 g/mol. The SMILES string of the molecule is Cc1cc(F)ccc1C(CN)NN1CCCCC1. The van der Waals surface area contributed by atoms with Gasteiger partial charge in [-0.15, -0.1) is 0 Å². The minimum absolute atomic E-state index is 0.0729. The summed E-state index contributed by atoms with van der Waals surface area (Å²) >= 11 is 0. The molecule has 1 unspecified atom stereocenters. The van der Waals surface area contributed by atoms with Gasteiger partial charge < -0.3 is 5.73 Å². The van der Waals surface area contributed by atoms with Gasteiger partial charge in [-0.3, -0.25) is 0 Å². The van der Waals surface area contributed by atoms with Gasteiger partial charge in [-0.1, -0.05) is 12.5 Å². The Kier molecular flexibility index (Phi) is 4.69. The molecule has 1 atom stereocenters. The first-order chi connectivity index (χ1) is 8.70. The van der Waals surface area contributed by atoms with Crippen LogP contribution >= 0.6 is 0 Å². The van der Waals surface area contributed by atoms with Crippen LogP contribution in [0.1, 0.15) is 36.4 Å². The number of halogens is 1. The molecular formula is C14H22FN3. The van der Waals surface area contributed by atoms with Crippen molar-refractivity contribution in [2.24, 2.45) is 5.73 Å². The summed E-state index contributed by atoms with van der Waals surface area (Å²) in [6.07, 6.45) is 3.76. The average molecular weight is 251 g/mol. The van der Waals surface area contributed by atoms with E-state index in [0.29, 0.717) is 6.54 Å². The van der Waals surface area contributed by atoms with Crippen molar-refractivity contribution in [3.05, 3.63) is 35.1 Å². The van der Waals surface area contributed by atoms with E-state index in [1.165, 1.54) is 25.3 Å². The lowest BCUT2D eigenvalue weighted by Gasteiger charge is -2.32. The highest BCUT2D eigenvalue weighted by Gasteiger charge is 2.17. The third-order valence-corrected chi connectivity index (χ3v) is 3.54. The summed E-state index contributed by atoms with van der Waals surface area (Å²) in [5.41, 5.74) is 11.4. The van der Waals surface area contributed by atoms with Gasteiger partial charge in [-0.05, 0) is 43.0 Å². The van der Waals surface area contributed by atoms with Gasteiger partial charge in [0.25, 0.3) is 0 Å².